The van der Waals surface area contributed by atoms with Gasteiger partial charge in [-0.25, -0.2) is 4.98 Å². The Morgan fingerprint density at radius 2 is 2.08 bits per heavy atom. The van der Waals surface area contributed by atoms with Crippen molar-refractivity contribution in [3.8, 4) is 0 Å². The van der Waals surface area contributed by atoms with Gasteiger partial charge >= 0.3 is 0 Å². The molecule has 2 aromatic rings. The molecule has 0 bridgehead atoms. The predicted octanol–water partition coefficient (Wildman–Crippen LogP) is 2.51. The maximum absolute atomic E-state index is 12.7. The standard InChI is InChI=1S/C18H22N4O2S/c1-25-16-6-4-14(5-7-16)18(24)15-3-2-9-21(11-15)17(23)8-10-22-13-19-12-20-22/h4-7,12-13,15H,2-3,8-11H2,1H3/t15-/m1/s1. The van der Waals surface area contributed by atoms with Crippen LogP contribution in [-0.2, 0) is 11.3 Å². The molecule has 1 aromatic carbocycles. The molecule has 25 heavy (non-hydrogen) atoms. The molecule has 0 radical (unpaired) electrons. The van der Waals surface area contributed by atoms with Crippen molar-refractivity contribution in [2.45, 2.75) is 30.7 Å². The summed E-state index contributed by atoms with van der Waals surface area (Å²) < 4.78 is 1.65. The minimum Gasteiger partial charge on any atom is -0.342 e. The van der Waals surface area contributed by atoms with Crippen LogP contribution >= 0.6 is 11.8 Å². The van der Waals surface area contributed by atoms with Crippen LogP contribution < -0.4 is 0 Å². The van der Waals surface area contributed by atoms with Gasteiger partial charge in [-0.3, -0.25) is 14.3 Å². The van der Waals surface area contributed by atoms with E-state index in [9.17, 15) is 9.59 Å². The molecule has 1 aromatic heterocycles. The fourth-order valence-electron chi connectivity index (χ4n) is 3.13. The number of amides is 1. The van der Waals surface area contributed by atoms with Gasteiger partial charge in [0, 0.05) is 35.9 Å². The largest absolute Gasteiger partial charge is 0.342 e. The van der Waals surface area contributed by atoms with Crippen LogP contribution in [0.25, 0.3) is 0 Å². The Kier molecular flexibility index (Phi) is 5.86. The Balaban J connectivity index is 1.57. The zero-order valence-electron chi connectivity index (χ0n) is 14.3. The summed E-state index contributed by atoms with van der Waals surface area (Å²) in [6.45, 7) is 1.76. The monoisotopic (exact) mass is 358 g/mol. The third-order valence-corrected chi connectivity index (χ3v) is 5.28. The first kappa shape index (κ1) is 17.7. The van der Waals surface area contributed by atoms with Gasteiger partial charge in [0.25, 0.3) is 0 Å². The van der Waals surface area contributed by atoms with E-state index in [0.29, 0.717) is 19.5 Å². The lowest BCUT2D eigenvalue weighted by molar-refractivity contribution is -0.132. The molecular formula is C18H22N4O2S. The van der Waals surface area contributed by atoms with E-state index in [-0.39, 0.29) is 17.6 Å². The molecule has 0 unspecified atom stereocenters. The van der Waals surface area contributed by atoms with E-state index in [0.717, 1.165) is 29.8 Å². The Morgan fingerprint density at radius 1 is 1.28 bits per heavy atom. The molecule has 0 saturated carbocycles. The third kappa shape index (κ3) is 4.48. The predicted molar refractivity (Wildman–Crippen MR) is 96.5 cm³/mol. The maximum atomic E-state index is 12.7. The summed E-state index contributed by atoms with van der Waals surface area (Å²) in [4.78, 5) is 32.0. The number of hydrogen-bond acceptors (Lipinski definition) is 5. The smallest absolute Gasteiger partial charge is 0.224 e. The quantitative estimate of drug-likeness (QED) is 0.586. The highest BCUT2D eigenvalue weighted by Gasteiger charge is 2.28. The number of nitrogens with zero attached hydrogens (tertiary/aromatic N) is 4. The second kappa shape index (κ2) is 8.29. The highest BCUT2D eigenvalue weighted by Crippen LogP contribution is 2.23. The molecule has 1 aliphatic heterocycles. The van der Waals surface area contributed by atoms with Gasteiger partial charge in [0.05, 0.1) is 6.54 Å². The Morgan fingerprint density at radius 3 is 2.76 bits per heavy atom. The van der Waals surface area contributed by atoms with Gasteiger partial charge in [0.2, 0.25) is 5.91 Å². The zero-order chi connectivity index (χ0) is 17.6. The lowest BCUT2D eigenvalue weighted by Gasteiger charge is -2.32. The van der Waals surface area contributed by atoms with E-state index in [1.165, 1.54) is 6.33 Å². The van der Waals surface area contributed by atoms with Crippen molar-refractivity contribution in [2.75, 3.05) is 19.3 Å². The van der Waals surface area contributed by atoms with Crippen molar-refractivity contribution in [2.24, 2.45) is 5.92 Å². The molecule has 2 heterocycles. The van der Waals surface area contributed by atoms with Gasteiger partial charge in [-0.1, -0.05) is 12.1 Å². The van der Waals surface area contributed by atoms with E-state index in [2.05, 4.69) is 10.1 Å². The van der Waals surface area contributed by atoms with Crippen molar-refractivity contribution in [3.05, 3.63) is 42.5 Å². The molecule has 0 N–H and O–H groups in total. The first-order chi connectivity index (χ1) is 12.2. The van der Waals surface area contributed by atoms with Crippen LogP contribution in [0.5, 0.6) is 0 Å². The van der Waals surface area contributed by atoms with E-state index in [1.807, 2.05) is 35.4 Å². The van der Waals surface area contributed by atoms with Gasteiger partial charge in [-0.05, 0) is 31.2 Å². The molecule has 7 heteroatoms. The van der Waals surface area contributed by atoms with Crippen molar-refractivity contribution < 1.29 is 9.59 Å². The van der Waals surface area contributed by atoms with Crippen molar-refractivity contribution >= 4 is 23.5 Å². The Hall–Kier alpha value is -2.15. The molecule has 1 atom stereocenters. The molecule has 3 rings (SSSR count). The fourth-order valence-corrected chi connectivity index (χ4v) is 3.53. The molecule has 1 fully saturated rings. The second-order valence-electron chi connectivity index (χ2n) is 6.18. The van der Waals surface area contributed by atoms with Crippen LogP contribution in [0.4, 0.5) is 0 Å². The summed E-state index contributed by atoms with van der Waals surface area (Å²) in [7, 11) is 0. The summed E-state index contributed by atoms with van der Waals surface area (Å²) in [5.74, 6) is 0.108. The van der Waals surface area contributed by atoms with E-state index in [4.69, 9.17) is 0 Å². The number of thioether (sulfide) groups is 1. The molecule has 6 nitrogen and oxygen atoms in total. The van der Waals surface area contributed by atoms with Crippen molar-refractivity contribution in [1.82, 2.24) is 19.7 Å². The van der Waals surface area contributed by atoms with E-state index >= 15 is 0 Å². The van der Waals surface area contributed by atoms with Crippen LogP contribution in [-0.4, -0.2) is 50.7 Å². The number of aromatic nitrogens is 3. The van der Waals surface area contributed by atoms with Crippen LogP contribution in [0.3, 0.4) is 0 Å². The lowest BCUT2D eigenvalue weighted by atomic mass is 9.90. The number of likely N-dealkylation sites (tertiary alicyclic amines) is 1. The van der Waals surface area contributed by atoms with Gasteiger partial charge in [-0.2, -0.15) is 5.10 Å². The molecule has 1 amide bonds. The molecule has 1 aliphatic rings. The van der Waals surface area contributed by atoms with Crippen LogP contribution in [0.1, 0.15) is 29.6 Å². The van der Waals surface area contributed by atoms with Crippen LogP contribution in [0.15, 0.2) is 41.8 Å². The van der Waals surface area contributed by atoms with Gasteiger partial charge in [0.15, 0.2) is 5.78 Å². The SMILES string of the molecule is CSc1ccc(C(=O)[C@@H]2CCCN(C(=O)CCn3cncn3)C2)cc1. The molecule has 1 saturated heterocycles. The number of ketones is 1. The maximum Gasteiger partial charge on any atom is 0.224 e. The highest BCUT2D eigenvalue weighted by atomic mass is 32.2. The average molecular weight is 358 g/mol. The number of carbonyl (C=O) groups excluding carboxylic acids is 2. The first-order valence-electron chi connectivity index (χ1n) is 8.46. The zero-order valence-corrected chi connectivity index (χ0v) is 15.1. The first-order valence-corrected chi connectivity index (χ1v) is 9.68. The van der Waals surface area contributed by atoms with E-state index < -0.39 is 0 Å². The number of benzene rings is 1. The number of rotatable bonds is 6. The summed E-state index contributed by atoms with van der Waals surface area (Å²) in [6, 6.07) is 7.73. The molecule has 0 aliphatic carbocycles. The second-order valence-corrected chi connectivity index (χ2v) is 7.06. The minimum absolute atomic E-state index is 0.0748. The highest BCUT2D eigenvalue weighted by molar-refractivity contribution is 7.98. The lowest BCUT2D eigenvalue weighted by Crippen LogP contribution is -2.42. The number of hydrogen-bond donors (Lipinski definition) is 0. The molecule has 0 spiro atoms. The van der Waals surface area contributed by atoms with Gasteiger partial charge in [-0.15, -0.1) is 11.8 Å². The van der Waals surface area contributed by atoms with Crippen LogP contribution in [0, 0.1) is 5.92 Å². The van der Waals surface area contributed by atoms with Crippen LogP contribution in [0.2, 0.25) is 0 Å². The van der Waals surface area contributed by atoms with Crippen molar-refractivity contribution in [1.29, 1.82) is 0 Å². The van der Waals surface area contributed by atoms with Gasteiger partial charge in [0.1, 0.15) is 12.7 Å². The number of carbonyl (C=O) groups is 2. The topological polar surface area (TPSA) is 68.1 Å². The average Bonchev–Trinajstić information content (AvgIpc) is 3.19. The third-order valence-electron chi connectivity index (χ3n) is 4.54. The molecule has 132 valence electrons. The number of piperidine rings is 1. The summed E-state index contributed by atoms with van der Waals surface area (Å²) in [5.41, 5.74) is 0.736. The van der Waals surface area contributed by atoms with E-state index in [1.54, 1.807) is 22.8 Å². The summed E-state index contributed by atoms with van der Waals surface area (Å²) >= 11 is 1.66. The molecular weight excluding hydrogens is 336 g/mol. The number of aryl methyl sites for hydroxylation is 1. The Bertz CT molecular complexity index is 715. The Labute approximate surface area is 151 Å². The summed E-state index contributed by atoms with van der Waals surface area (Å²) in [6.07, 6.45) is 7.17. The normalized spacial score (nSPS) is 17.5. The fraction of sp³-hybridized carbons (Fsp3) is 0.444. The minimum atomic E-state index is -0.107. The number of Topliss-reactive ketones (excluding diaryl/α,β-unsaturated/α-hetero) is 1. The van der Waals surface area contributed by atoms with Gasteiger partial charge < -0.3 is 4.90 Å². The summed E-state index contributed by atoms with van der Waals surface area (Å²) in [5, 5.41) is 4.01. The van der Waals surface area contributed by atoms with Crippen molar-refractivity contribution in [3.63, 3.8) is 0 Å².